The van der Waals surface area contributed by atoms with Crippen LogP contribution in [0, 0.1) is 5.82 Å². The zero-order chi connectivity index (χ0) is 15.7. The molecule has 0 saturated heterocycles. The predicted molar refractivity (Wildman–Crippen MR) is 88.4 cm³/mol. The molecule has 0 saturated carbocycles. The van der Waals surface area contributed by atoms with Gasteiger partial charge in [0.2, 0.25) is 5.89 Å². The number of hydrogen-bond acceptors (Lipinski definition) is 4. The second kappa shape index (κ2) is 7.40. The molecule has 1 atom stereocenters. The average molecular weight is 341 g/mol. The predicted octanol–water partition coefficient (Wildman–Crippen LogP) is 3.75. The Morgan fingerprint density at radius 2 is 2.00 bits per heavy atom. The van der Waals surface area contributed by atoms with Gasteiger partial charge in [-0.3, -0.25) is 4.79 Å². The first kappa shape index (κ1) is 17.9. The van der Waals surface area contributed by atoms with Crippen LogP contribution in [0.15, 0.2) is 46.2 Å². The van der Waals surface area contributed by atoms with Crippen molar-refractivity contribution in [1.82, 2.24) is 4.98 Å². The van der Waals surface area contributed by atoms with Gasteiger partial charge in [-0.25, -0.2) is 9.37 Å². The number of carboxylic acid groups (broad SMARTS) is 1. The Morgan fingerprint density at radius 1 is 1.30 bits per heavy atom. The molecule has 3 aromatic rings. The molecule has 0 aliphatic rings. The molecule has 0 spiro atoms. The number of rotatable bonds is 4. The molecule has 1 aromatic carbocycles. The summed E-state index contributed by atoms with van der Waals surface area (Å²) in [5.74, 6) is -1.39. The molecule has 0 bridgehead atoms. The van der Waals surface area contributed by atoms with Crippen LogP contribution >= 0.6 is 11.3 Å². The molecule has 1 unspecified atom stereocenters. The van der Waals surface area contributed by atoms with E-state index in [1.165, 1.54) is 23.5 Å². The molecule has 7 heteroatoms. The third-order valence-electron chi connectivity index (χ3n) is 3.27. The Morgan fingerprint density at radius 3 is 2.57 bits per heavy atom. The summed E-state index contributed by atoms with van der Waals surface area (Å²) < 4.78 is 18.8. The van der Waals surface area contributed by atoms with Crippen LogP contribution < -0.4 is 0 Å². The van der Waals surface area contributed by atoms with Gasteiger partial charge in [0.05, 0.1) is 4.88 Å². The third-order valence-corrected chi connectivity index (χ3v) is 4.14. The minimum absolute atomic E-state index is 0. The zero-order valence-electron chi connectivity index (χ0n) is 11.6. The summed E-state index contributed by atoms with van der Waals surface area (Å²) in [4.78, 5) is 16.4. The Hall–Kier alpha value is -1.47. The summed E-state index contributed by atoms with van der Waals surface area (Å²) in [6.07, 6.45) is 0. The molecule has 0 radical (unpaired) electrons. The average Bonchev–Trinajstić information content (AvgIpc) is 3.16. The van der Waals surface area contributed by atoms with E-state index in [2.05, 4.69) is 4.98 Å². The number of halogens is 1. The molecule has 2 aromatic heterocycles. The van der Waals surface area contributed by atoms with E-state index in [9.17, 15) is 14.3 Å². The Bertz CT molecular complexity index is 799. The number of thiophene rings is 1. The maximum absolute atomic E-state index is 13.0. The fraction of sp³-hybridized carbons (Fsp3) is 0.125. The van der Waals surface area contributed by atoms with E-state index in [0.29, 0.717) is 17.0 Å². The molecule has 23 heavy (non-hydrogen) atoms. The summed E-state index contributed by atoms with van der Waals surface area (Å²) in [6, 6.07) is 9.42. The van der Waals surface area contributed by atoms with Gasteiger partial charge in [0.25, 0.3) is 0 Å². The van der Waals surface area contributed by atoms with Crippen molar-refractivity contribution < 1.29 is 18.7 Å². The normalized spacial score (nSPS) is 11.7. The van der Waals surface area contributed by atoms with Gasteiger partial charge in [-0.2, -0.15) is 0 Å². The third kappa shape index (κ3) is 3.72. The van der Waals surface area contributed by atoms with E-state index in [0.717, 1.165) is 4.88 Å². The summed E-state index contributed by atoms with van der Waals surface area (Å²) in [6.45, 7) is 1.56. The van der Waals surface area contributed by atoms with Gasteiger partial charge in [-0.1, -0.05) is 6.07 Å². The Kier molecular flexibility index (Phi) is 5.75. The van der Waals surface area contributed by atoms with Crippen molar-refractivity contribution >= 4 is 46.9 Å². The number of aromatic nitrogens is 1. The van der Waals surface area contributed by atoms with Crippen molar-refractivity contribution in [1.29, 1.82) is 0 Å². The Labute approximate surface area is 158 Å². The van der Waals surface area contributed by atoms with Crippen molar-refractivity contribution in [2.75, 3.05) is 0 Å². The first-order valence-electron chi connectivity index (χ1n) is 6.59. The standard InChI is InChI=1S/C16H12FNO3S.Na.H/c1-9(16(19)20)13-14(12-3-2-8-22-12)21-15(18-13)10-4-6-11(17)7-5-10;;/h2-9H,1H3,(H,19,20);;. The van der Waals surface area contributed by atoms with Crippen molar-refractivity contribution in [3.8, 4) is 22.1 Å². The monoisotopic (exact) mass is 341 g/mol. The molecule has 1 N–H and O–H groups in total. The van der Waals surface area contributed by atoms with Gasteiger partial charge < -0.3 is 9.52 Å². The van der Waals surface area contributed by atoms with Crippen molar-refractivity contribution in [2.45, 2.75) is 12.8 Å². The molecule has 114 valence electrons. The van der Waals surface area contributed by atoms with Crippen LogP contribution in [-0.4, -0.2) is 45.6 Å². The van der Waals surface area contributed by atoms with Gasteiger partial charge in [0.15, 0.2) is 5.76 Å². The molecule has 0 fully saturated rings. The van der Waals surface area contributed by atoms with Gasteiger partial charge in [-0.15, -0.1) is 11.3 Å². The molecule has 2 heterocycles. The van der Waals surface area contributed by atoms with Gasteiger partial charge >= 0.3 is 35.5 Å². The van der Waals surface area contributed by atoms with Crippen molar-refractivity contribution in [2.24, 2.45) is 0 Å². The summed E-state index contributed by atoms with van der Waals surface area (Å²) in [7, 11) is 0. The van der Waals surface area contributed by atoms with Crippen LogP contribution in [0.25, 0.3) is 22.1 Å². The SMILES string of the molecule is CC(C(=O)O)c1nc(-c2ccc(F)cc2)oc1-c1cccs1.[NaH]. The molecule has 0 aliphatic carbocycles. The number of hydrogen-bond donors (Lipinski definition) is 1. The first-order valence-corrected chi connectivity index (χ1v) is 7.47. The van der Waals surface area contributed by atoms with E-state index in [4.69, 9.17) is 4.42 Å². The number of oxazole rings is 1. The fourth-order valence-electron chi connectivity index (χ4n) is 2.04. The molecule has 0 aliphatic heterocycles. The van der Waals surface area contributed by atoms with Crippen molar-refractivity contribution in [3.63, 3.8) is 0 Å². The second-order valence-corrected chi connectivity index (χ2v) is 5.73. The maximum atomic E-state index is 13.0. The van der Waals surface area contributed by atoms with Gasteiger partial charge in [0.1, 0.15) is 17.4 Å². The number of benzene rings is 1. The molecular formula is C16H13FNNaO3S. The van der Waals surface area contributed by atoms with Crippen LogP contribution in [0.3, 0.4) is 0 Å². The molecule has 4 nitrogen and oxygen atoms in total. The van der Waals surface area contributed by atoms with Gasteiger partial charge in [0, 0.05) is 5.56 Å². The molecular weight excluding hydrogens is 328 g/mol. The van der Waals surface area contributed by atoms with Crippen LogP contribution in [0.5, 0.6) is 0 Å². The quantitative estimate of drug-likeness (QED) is 0.734. The van der Waals surface area contributed by atoms with E-state index >= 15 is 0 Å². The van der Waals surface area contributed by atoms with Crippen molar-refractivity contribution in [3.05, 3.63) is 53.3 Å². The Balaban J connectivity index is 0.00000192. The minimum atomic E-state index is -0.975. The summed E-state index contributed by atoms with van der Waals surface area (Å²) in [5.41, 5.74) is 0.970. The van der Waals surface area contributed by atoms with E-state index in [1.807, 2.05) is 17.5 Å². The van der Waals surface area contributed by atoms with Crippen LogP contribution in [0.1, 0.15) is 18.5 Å². The zero-order valence-corrected chi connectivity index (χ0v) is 12.4. The summed E-state index contributed by atoms with van der Waals surface area (Å²) in [5, 5.41) is 11.1. The molecule has 0 amide bonds. The van der Waals surface area contributed by atoms with E-state index in [1.54, 1.807) is 19.1 Å². The fourth-order valence-corrected chi connectivity index (χ4v) is 2.76. The number of aliphatic carboxylic acids is 1. The topological polar surface area (TPSA) is 63.3 Å². The second-order valence-electron chi connectivity index (χ2n) is 4.78. The summed E-state index contributed by atoms with van der Waals surface area (Å²) >= 11 is 1.44. The van der Waals surface area contributed by atoms with Crippen LogP contribution in [-0.2, 0) is 4.79 Å². The van der Waals surface area contributed by atoms with Crippen LogP contribution in [0.4, 0.5) is 4.39 Å². The van der Waals surface area contributed by atoms with E-state index < -0.39 is 11.9 Å². The molecule has 3 rings (SSSR count). The van der Waals surface area contributed by atoms with E-state index in [-0.39, 0.29) is 41.3 Å². The van der Waals surface area contributed by atoms with Gasteiger partial charge in [-0.05, 0) is 42.6 Å². The van der Waals surface area contributed by atoms with Crippen LogP contribution in [0.2, 0.25) is 0 Å². The number of nitrogens with zero attached hydrogens (tertiary/aromatic N) is 1. The number of carbonyl (C=O) groups is 1. The first-order chi connectivity index (χ1) is 10.6. The number of carboxylic acids is 1.